The van der Waals surface area contributed by atoms with Gasteiger partial charge in [0.1, 0.15) is 17.6 Å². The number of carbonyl (C=O) groups is 1. The minimum Gasteiger partial charge on any atom is -0.507 e. The molecule has 0 heterocycles. The van der Waals surface area contributed by atoms with Gasteiger partial charge < -0.3 is 20.6 Å². The molecule has 0 aliphatic carbocycles. The second-order valence-corrected chi connectivity index (χ2v) is 8.02. The molecule has 0 saturated carbocycles. The van der Waals surface area contributed by atoms with Gasteiger partial charge in [-0.2, -0.15) is 0 Å². The Morgan fingerprint density at radius 2 is 1.60 bits per heavy atom. The molecule has 0 radical (unpaired) electrons. The van der Waals surface area contributed by atoms with E-state index in [0.29, 0.717) is 26.4 Å². The van der Waals surface area contributed by atoms with Gasteiger partial charge in [-0.3, -0.25) is 4.79 Å². The molecule has 5 nitrogen and oxygen atoms in total. The van der Waals surface area contributed by atoms with Crippen molar-refractivity contribution >= 4 is 53.7 Å². The van der Waals surface area contributed by atoms with Gasteiger partial charge in [0.25, 0.3) is 0 Å². The van der Waals surface area contributed by atoms with Crippen molar-refractivity contribution in [3.05, 3.63) is 54.9 Å². The molecule has 0 fully saturated rings. The Balaban J connectivity index is 1.86. The largest absolute Gasteiger partial charge is 0.507 e. The molecule has 2 rings (SSSR count). The number of rotatable bonds is 6. The normalized spacial score (nSPS) is 12.0. The van der Waals surface area contributed by atoms with E-state index in [1.54, 1.807) is 24.3 Å². The number of halogens is 3. The second kappa shape index (κ2) is 9.02. The number of hydrogen-bond acceptors (Lipinski definition) is 4. The highest BCUT2D eigenvalue weighted by Crippen LogP contribution is 2.33. The molecule has 2 aromatic carbocycles. The van der Waals surface area contributed by atoms with E-state index in [4.69, 9.17) is 0 Å². The molecule has 0 spiro atoms. The fourth-order valence-electron chi connectivity index (χ4n) is 2.20. The highest BCUT2D eigenvalue weighted by atomic mass is 79.9. The van der Waals surface area contributed by atoms with Crippen molar-refractivity contribution in [2.45, 2.75) is 18.9 Å². The minimum absolute atomic E-state index is 0.105. The first-order valence-electron chi connectivity index (χ1n) is 7.38. The van der Waals surface area contributed by atoms with Crippen LogP contribution in [-0.2, 0) is 17.6 Å². The van der Waals surface area contributed by atoms with E-state index in [0.717, 1.165) is 11.1 Å². The number of amides is 1. The zero-order chi connectivity index (χ0) is 18.6. The standard InChI is InChI=1S/C17H16Br3NO4/c18-11-5-9(1-2-14(11)22)8-15(23)17(25)21-4-3-10-6-12(19)16(24)13(20)7-10/h1-2,5-7,15,22-24H,3-4,8H2,(H,21,25). The molecule has 0 aromatic heterocycles. The van der Waals surface area contributed by atoms with Gasteiger partial charge >= 0.3 is 0 Å². The van der Waals surface area contributed by atoms with Gasteiger partial charge in [-0.25, -0.2) is 0 Å². The first-order chi connectivity index (χ1) is 11.8. The molecule has 134 valence electrons. The summed E-state index contributed by atoms with van der Waals surface area (Å²) < 4.78 is 1.66. The summed E-state index contributed by atoms with van der Waals surface area (Å²) in [6.07, 6.45) is -0.462. The maximum absolute atomic E-state index is 12.0. The number of benzene rings is 2. The molecule has 2 aromatic rings. The molecule has 1 amide bonds. The molecular weight excluding hydrogens is 522 g/mol. The molecule has 0 bridgehead atoms. The predicted molar refractivity (Wildman–Crippen MR) is 106 cm³/mol. The summed E-state index contributed by atoms with van der Waals surface area (Å²) in [6, 6.07) is 8.37. The van der Waals surface area contributed by atoms with Gasteiger partial charge in [-0.1, -0.05) is 6.07 Å². The lowest BCUT2D eigenvalue weighted by Gasteiger charge is -2.12. The van der Waals surface area contributed by atoms with Crippen molar-refractivity contribution in [1.29, 1.82) is 0 Å². The third-order valence-electron chi connectivity index (χ3n) is 3.53. The number of aromatic hydroxyl groups is 2. The molecule has 1 unspecified atom stereocenters. The highest BCUT2D eigenvalue weighted by Gasteiger charge is 2.16. The molecule has 1 atom stereocenters. The second-order valence-electron chi connectivity index (χ2n) is 5.45. The molecular formula is C17H16Br3NO4. The predicted octanol–water partition coefficient (Wildman–Crippen LogP) is 3.65. The Labute approximate surface area is 170 Å². The van der Waals surface area contributed by atoms with Gasteiger partial charge in [0.2, 0.25) is 5.91 Å². The van der Waals surface area contributed by atoms with Crippen molar-refractivity contribution in [1.82, 2.24) is 5.32 Å². The maximum Gasteiger partial charge on any atom is 0.249 e. The van der Waals surface area contributed by atoms with Crippen LogP contribution in [0.3, 0.4) is 0 Å². The average molecular weight is 538 g/mol. The fourth-order valence-corrected chi connectivity index (χ4v) is 3.91. The first-order valence-corrected chi connectivity index (χ1v) is 9.76. The van der Waals surface area contributed by atoms with E-state index >= 15 is 0 Å². The number of aliphatic hydroxyl groups is 1. The molecule has 0 saturated heterocycles. The maximum atomic E-state index is 12.0. The van der Waals surface area contributed by atoms with Gasteiger partial charge in [0, 0.05) is 13.0 Å². The average Bonchev–Trinajstić information content (AvgIpc) is 2.55. The van der Waals surface area contributed by atoms with Crippen molar-refractivity contribution in [2.75, 3.05) is 6.54 Å². The third-order valence-corrected chi connectivity index (χ3v) is 5.38. The molecule has 0 aliphatic heterocycles. The summed E-state index contributed by atoms with van der Waals surface area (Å²) >= 11 is 9.72. The lowest BCUT2D eigenvalue weighted by Crippen LogP contribution is -2.37. The summed E-state index contributed by atoms with van der Waals surface area (Å²) in [4.78, 5) is 12.0. The van der Waals surface area contributed by atoms with Crippen LogP contribution in [0.25, 0.3) is 0 Å². The summed E-state index contributed by atoms with van der Waals surface area (Å²) in [6.45, 7) is 0.360. The van der Waals surface area contributed by atoms with Gasteiger partial charge in [-0.05, 0) is 89.6 Å². The third kappa shape index (κ3) is 5.70. The minimum atomic E-state index is -1.17. The summed E-state index contributed by atoms with van der Waals surface area (Å²) in [5.74, 6) is -0.224. The van der Waals surface area contributed by atoms with Crippen LogP contribution in [0.5, 0.6) is 11.5 Å². The topological polar surface area (TPSA) is 89.8 Å². The fraction of sp³-hybridized carbons (Fsp3) is 0.235. The number of aliphatic hydroxyl groups excluding tert-OH is 1. The van der Waals surface area contributed by atoms with Gasteiger partial charge in [0.15, 0.2) is 0 Å². The summed E-state index contributed by atoms with van der Waals surface area (Å²) in [7, 11) is 0. The van der Waals surface area contributed by atoms with E-state index in [1.807, 2.05) is 0 Å². The summed E-state index contributed by atoms with van der Waals surface area (Å²) in [5, 5.41) is 31.8. The molecule has 0 aliphatic rings. The van der Waals surface area contributed by atoms with E-state index in [-0.39, 0.29) is 17.9 Å². The molecule has 8 heteroatoms. The lowest BCUT2D eigenvalue weighted by atomic mass is 10.1. The van der Waals surface area contributed by atoms with Crippen molar-refractivity contribution < 1.29 is 20.1 Å². The Hall–Kier alpha value is -1.09. The van der Waals surface area contributed by atoms with E-state index in [9.17, 15) is 20.1 Å². The smallest absolute Gasteiger partial charge is 0.249 e. The van der Waals surface area contributed by atoms with Crippen molar-refractivity contribution in [3.8, 4) is 11.5 Å². The first kappa shape index (κ1) is 20.2. The molecule has 25 heavy (non-hydrogen) atoms. The lowest BCUT2D eigenvalue weighted by molar-refractivity contribution is -0.129. The van der Waals surface area contributed by atoms with Crippen LogP contribution in [0, 0.1) is 0 Å². The van der Waals surface area contributed by atoms with Crippen molar-refractivity contribution in [2.24, 2.45) is 0 Å². The number of hydrogen-bond donors (Lipinski definition) is 4. The van der Waals surface area contributed by atoms with Crippen molar-refractivity contribution in [3.63, 3.8) is 0 Å². The van der Waals surface area contributed by atoms with Crippen LogP contribution in [0.2, 0.25) is 0 Å². The highest BCUT2D eigenvalue weighted by molar-refractivity contribution is 9.11. The monoisotopic (exact) mass is 535 g/mol. The Morgan fingerprint density at radius 3 is 2.20 bits per heavy atom. The number of phenols is 2. The van der Waals surface area contributed by atoms with Crippen LogP contribution >= 0.6 is 47.8 Å². The molecule has 4 N–H and O–H groups in total. The zero-order valence-corrected chi connectivity index (χ0v) is 17.7. The van der Waals surface area contributed by atoms with Crippen LogP contribution in [-0.4, -0.2) is 33.9 Å². The SMILES string of the molecule is O=C(NCCc1cc(Br)c(O)c(Br)c1)C(O)Cc1ccc(O)c(Br)c1. The Bertz CT molecular complexity index is 759. The van der Waals surface area contributed by atoms with Crippen LogP contribution in [0.4, 0.5) is 0 Å². The Kier molecular flexibility index (Phi) is 7.30. The number of nitrogens with one attached hydrogen (secondary N) is 1. The number of carbonyl (C=O) groups excluding carboxylic acids is 1. The zero-order valence-electron chi connectivity index (χ0n) is 13.0. The van der Waals surface area contributed by atoms with Gasteiger partial charge in [-0.15, -0.1) is 0 Å². The van der Waals surface area contributed by atoms with E-state index < -0.39 is 12.0 Å². The van der Waals surface area contributed by atoms with Crippen LogP contribution < -0.4 is 5.32 Å². The quantitative estimate of drug-likeness (QED) is 0.453. The Morgan fingerprint density at radius 1 is 1.00 bits per heavy atom. The van der Waals surface area contributed by atoms with E-state index in [2.05, 4.69) is 53.1 Å². The van der Waals surface area contributed by atoms with E-state index in [1.165, 1.54) is 6.07 Å². The van der Waals surface area contributed by atoms with Crippen LogP contribution in [0.1, 0.15) is 11.1 Å². The number of phenolic OH excluding ortho intramolecular Hbond substituents is 2. The van der Waals surface area contributed by atoms with Crippen LogP contribution in [0.15, 0.2) is 43.7 Å². The van der Waals surface area contributed by atoms with Gasteiger partial charge in [0.05, 0.1) is 13.4 Å². The summed E-state index contributed by atoms with van der Waals surface area (Å²) in [5.41, 5.74) is 1.66.